The van der Waals surface area contributed by atoms with Gasteiger partial charge in [0.1, 0.15) is 11.6 Å². The number of carbonyl (C=O) groups excluding carboxylic acids is 2. The molecule has 104 valence electrons. The molecule has 0 aromatic rings. The molecule has 3 amide bonds. The summed E-state index contributed by atoms with van der Waals surface area (Å²) in [6, 6.07) is -1.76. The number of nitrogens with one attached hydrogen (secondary N) is 2. The number of hydrogen-bond donors (Lipinski definition) is 3. The second-order valence-corrected chi connectivity index (χ2v) is 4.72. The van der Waals surface area contributed by atoms with Crippen LogP contribution >= 0.6 is 0 Å². The fourth-order valence-electron chi connectivity index (χ4n) is 1.80. The molecule has 1 aliphatic heterocycles. The van der Waals surface area contributed by atoms with E-state index in [9.17, 15) is 14.4 Å². The van der Waals surface area contributed by atoms with E-state index < -0.39 is 23.6 Å². The Labute approximate surface area is 111 Å². The van der Waals surface area contributed by atoms with Crippen LogP contribution in [0.2, 0.25) is 0 Å². The van der Waals surface area contributed by atoms with Crippen molar-refractivity contribution in [2.24, 2.45) is 0 Å². The number of urea groups is 1. The van der Waals surface area contributed by atoms with E-state index in [1.165, 1.54) is 4.90 Å². The normalized spacial score (nSPS) is 19.0. The third kappa shape index (κ3) is 3.16. The molecule has 1 unspecified atom stereocenters. The lowest BCUT2D eigenvalue weighted by atomic mass is 9.99. The Bertz CT molecular complexity index is 439. The molecule has 19 heavy (non-hydrogen) atoms. The number of aliphatic carboxylic acids is 1. The highest BCUT2D eigenvalue weighted by atomic mass is 16.4. The molecule has 0 radical (unpaired) electrons. The van der Waals surface area contributed by atoms with Crippen LogP contribution in [0.15, 0.2) is 0 Å². The second-order valence-electron chi connectivity index (χ2n) is 4.72. The quantitative estimate of drug-likeness (QED) is 0.594. The van der Waals surface area contributed by atoms with E-state index in [0.717, 1.165) is 0 Å². The van der Waals surface area contributed by atoms with Gasteiger partial charge in [0.25, 0.3) is 0 Å². The first-order valence-corrected chi connectivity index (χ1v) is 5.83. The van der Waals surface area contributed by atoms with Gasteiger partial charge in [-0.15, -0.1) is 12.3 Å². The SMILES string of the molecule is C#CCC(NC(=O)N1CCNC(=O)C1(C)C)C(=O)O. The minimum absolute atomic E-state index is 0.110. The van der Waals surface area contributed by atoms with Gasteiger partial charge in [-0.05, 0) is 13.8 Å². The fraction of sp³-hybridized carbons (Fsp3) is 0.583. The molecular formula is C12H17N3O4. The van der Waals surface area contributed by atoms with Crippen molar-refractivity contribution in [3.8, 4) is 12.3 Å². The first-order chi connectivity index (χ1) is 8.80. The van der Waals surface area contributed by atoms with Crippen LogP contribution in [-0.4, -0.2) is 52.6 Å². The third-order valence-corrected chi connectivity index (χ3v) is 3.01. The molecule has 1 atom stereocenters. The first kappa shape index (κ1) is 14.8. The highest BCUT2D eigenvalue weighted by Gasteiger charge is 2.41. The fourth-order valence-corrected chi connectivity index (χ4v) is 1.80. The summed E-state index contributed by atoms with van der Waals surface area (Å²) in [6.07, 6.45) is 4.94. The third-order valence-electron chi connectivity index (χ3n) is 3.01. The zero-order valence-corrected chi connectivity index (χ0v) is 10.9. The number of carbonyl (C=O) groups is 3. The number of nitrogens with zero attached hydrogens (tertiary/aromatic N) is 1. The second kappa shape index (κ2) is 5.61. The molecule has 3 N–H and O–H groups in total. The Hall–Kier alpha value is -2.23. The number of carboxylic acid groups (broad SMARTS) is 1. The molecule has 0 aromatic carbocycles. The van der Waals surface area contributed by atoms with E-state index in [-0.39, 0.29) is 12.3 Å². The minimum Gasteiger partial charge on any atom is -0.480 e. The van der Waals surface area contributed by atoms with E-state index >= 15 is 0 Å². The Kier molecular flexibility index (Phi) is 4.38. The highest BCUT2D eigenvalue weighted by molar-refractivity contribution is 5.92. The van der Waals surface area contributed by atoms with Gasteiger partial charge in [-0.25, -0.2) is 9.59 Å². The largest absolute Gasteiger partial charge is 0.480 e. The molecule has 0 spiro atoms. The molecule has 1 saturated heterocycles. The average Bonchev–Trinajstić information content (AvgIpc) is 2.31. The molecule has 1 heterocycles. The maximum Gasteiger partial charge on any atom is 0.327 e. The molecule has 0 aliphatic carbocycles. The standard InChI is InChI=1S/C12H17N3O4/c1-4-5-8(9(16)17)14-11(19)15-7-6-13-10(18)12(15,2)3/h1,8H,5-7H2,2-3H3,(H,13,18)(H,14,19)(H,16,17). The van der Waals surface area contributed by atoms with E-state index in [1.54, 1.807) is 13.8 Å². The van der Waals surface area contributed by atoms with Gasteiger partial charge in [-0.3, -0.25) is 4.79 Å². The Morgan fingerprint density at radius 3 is 2.79 bits per heavy atom. The number of piperazine rings is 1. The number of carboxylic acids is 1. The van der Waals surface area contributed by atoms with Crippen LogP contribution in [0, 0.1) is 12.3 Å². The van der Waals surface area contributed by atoms with Crippen LogP contribution in [0.1, 0.15) is 20.3 Å². The molecule has 1 fully saturated rings. The van der Waals surface area contributed by atoms with Crippen LogP contribution in [0.5, 0.6) is 0 Å². The summed E-state index contributed by atoms with van der Waals surface area (Å²) in [6.45, 7) is 3.84. The van der Waals surface area contributed by atoms with E-state index in [0.29, 0.717) is 13.1 Å². The molecule has 0 saturated carbocycles. The van der Waals surface area contributed by atoms with Crippen molar-refractivity contribution in [3.05, 3.63) is 0 Å². The van der Waals surface area contributed by atoms with Crippen molar-refractivity contribution < 1.29 is 19.5 Å². The summed E-state index contributed by atoms with van der Waals surface area (Å²) in [7, 11) is 0. The summed E-state index contributed by atoms with van der Waals surface area (Å²) in [4.78, 5) is 36.0. The lowest BCUT2D eigenvalue weighted by molar-refractivity contribution is -0.139. The first-order valence-electron chi connectivity index (χ1n) is 5.83. The van der Waals surface area contributed by atoms with Gasteiger partial charge in [0.05, 0.1) is 0 Å². The smallest absolute Gasteiger partial charge is 0.327 e. The lowest BCUT2D eigenvalue weighted by Gasteiger charge is -2.41. The highest BCUT2D eigenvalue weighted by Crippen LogP contribution is 2.17. The van der Waals surface area contributed by atoms with Crippen molar-refractivity contribution in [3.63, 3.8) is 0 Å². The molecule has 7 heteroatoms. The van der Waals surface area contributed by atoms with Crippen LogP contribution < -0.4 is 10.6 Å². The van der Waals surface area contributed by atoms with E-state index in [4.69, 9.17) is 11.5 Å². The molecule has 1 rings (SSSR count). The van der Waals surface area contributed by atoms with Crippen molar-refractivity contribution in [2.45, 2.75) is 31.8 Å². The summed E-state index contributed by atoms with van der Waals surface area (Å²) >= 11 is 0. The van der Waals surface area contributed by atoms with Gasteiger partial charge in [0.2, 0.25) is 5.91 Å². The Balaban J connectivity index is 2.79. The van der Waals surface area contributed by atoms with Gasteiger partial charge < -0.3 is 20.6 Å². The lowest BCUT2D eigenvalue weighted by Crippen LogP contribution is -2.66. The maximum absolute atomic E-state index is 12.1. The predicted molar refractivity (Wildman–Crippen MR) is 67.2 cm³/mol. The Morgan fingerprint density at radius 1 is 1.63 bits per heavy atom. The zero-order valence-electron chi connectivity index (χ0n) is 10.9. The Morgan fingerprint density at radius 2 is 2.26 bits per heavy atom. The number of amides is 3. The minimum atomic E-state index is -1.20. The van der Waals surface area contributed by atoms with Crippen LogP contribution in [0.4, 0.5) is 4.79 Å². The van der Waals surface area contributed by atoms with Gasteiger partial charge in [0.15, 0.2) is 0 Å². The number of rotatable bonds is 3. The monoisotopic (exact) mass is 267 g/mol. The number of hydrogen-bond acceptors (Lipinski definition) is 3. The van der Waals surface area contributed by atoms with Gasteiger partial charge in [-0.2, -0.15) is 0 Å². The van der Waals surface area contributed by atoms with Crippen molar-refractivity contribution in [2.75, 3.05) is 13.1 Å². The van der Waals surface area contributed by atoms with Crippen LogP contribution in [0.3, 0.4) is 0 Å². The maximum atomic E-state index is 12.1. The summed E-state index contributed by atoms with van der Waals surface area (Å²) in [5.74, 6) is 0.711. The molecule has 0 bridgehead atoms. The molecular weight excluding hydrogens is 250 g/mol. The van der Waals surface area contributed by atoms with Crippen LogP contribution in [-0.2, 0) is 9.59 Å². The van der Waals surface area contributed by atoms with Gasteiger partial charge in [0, 0.05) is 19.5 Å². The van der Waals surface area contributed by atoms with E-state index in [1.807, 2.05) is 0 Å². The van der Waals surface area contributed by atoms with E-state index in [2.05, 4.69) is 16.6 Å². The molecule has 0 aromatic heterocycles. The van der Waals surface area contributed by atoms with Crippen molar-refractivity contribution in [1.82, 2.24) is 15.5 Å². The average molecular weight is 267 g/mol. The predicted octanol–water partition coefficient (Wildman–Crippen LogP) is -0.617. The summed E-state index contributed by atoms with van der Waals surface area (Å²) < 4.78 is 0. The van der Waals surface area contributed by atoms with Crippen LogP contribution in [0.25, 0.3) is 0 Å². The molecule has 1 aliphatic rings. The van der Waals surface area contributed by atoms with Gasteiger partial charge in [-0.1, -0.05) is 0 Å². The summed E-state index contributed by atoms with van der Waals surface area (Å²) in [5, 5.41) is 13.9. The van der Waals surface area contributed by atoms with Crippen molar-refractivity contribution >= 4 is 17.9 Å². The van der Waals surface area contributed by atoms with Gasteiger partial charge >= 0.3 is 12.0 Å². The zero-order chi connectivity index (χ0) is 14.6. The topological polar surface area (TPSA) is 98.7 Å². The van der Waals surface area contributed by atoms with Crippen molar-refractivity contribution in [1.29, 1.82) is 0 Å². The number of terminal acetylenes is 1. The molecule has 7 nitrogen and oxygen atoms in total. The summed E-state index contributed by atoms with van der Waals surface area (Å²) in [5.41, 5.74) is -1.03.